The van der Waals surface area contributed by atoms with Crippen LogP contribution in [0.4, 0.5) is 0 Å². The predicted octanol–water partition coefficient (Wildman–Crippen LogP) is 3.54. The van der Waals surface area contributed by atoms with Crippen LogP contribution in [-0.4, -0.2) is 32.3 Å². The van der Waals surface area contributed by atoms with Crippen LogP contribution >= 0.6 is 28.1 Å². The van der Waals surface area contributed by atoms with Crippen LogP contribution in [0.25, 0.3) is 11.0 Å². The maximum Gasteiger partial charge on any atom is 0.360 e. The Balaban J connectivity index is 2.15. The smallest absolute Gasteiger partial charge is 0.360 e. The molecular formula is C16H13BrN4O2S. The van der Waals surface area contributed by atoms with Crippen molar-refractivity contribution in [1.82, 2.24) is 19.7 Å². The number of hydrogen-bond donors (Lipinski definition) is 0. The number of fused-ring (bicyclic) bond motifs is 1. The first-order valence-corrected chi connectivity index (χ1v) is 8.43. The number of carbonyl (C=O) groups excluding carboxylic acids is 1. The molecule has 0 bridgehead atoms. The van der Waals surface area contributed by atoms with E-state index in [0.717, 1.165) is 10.2 Å². The van der Waals surface area contributed by atoms with Crippen LogP contribution in [0.15, 0.2) is 41.3 Å². The fraction of sp³-hybridized carbons (Fsp3) is 0.188. The number of halogens is 1. The molecule has 0 saturated carbocycles. The van der Waals surface area contributed by atoms with Gasteiger partial charge in [-0.25, -0.2) is 19.4 Å². The lowest BCUT2D eigenvalue weighted by Gasteiger charge is -2.11. The van der Waals surface area contributed by atoms with Gasteiger partial charge in [-0.15, -0.1) is 0 Å². The summed E-state index contributed by atoms with van der Waals surface area (Å²) in [7, 11) is 0. The summed E-state index contributed by atoms with van der Waals surface area (Å²) in [5, 5.41) is 5.06. The van der Waals surface area contributed by atoms with Crippen LogP contribution in [-0.2, 0) is 11.3 Å². The Labute approximate surface area is 151 Å². The van der Waals surface area contributed by atoms with Gasteiger partial charge in [-0.05, 0) is 46.6 Å². The van der Waals surface area contributed by atoms with E-state index >= 15 is 0 Å². The molecule has 0 aliphatic carbocycles. The zero-order valence-electron chi connectivity index (χ0n) is 12.8. The number of carbonyl (C=O) groups is 1. The van der Waals surface area contributed by atoms with Crippen molar-refractivity contribution in [3.05, 3.63) is 57.0 Å². The van der Waals surface area contributed by atoms with E-state index in [2.05, 4.69) is 31.0 Å². The largest absolute Gasteiger partial charge is 0.461 e. The van der Waals surface area contributed by atoms with E-state index < -0.39 is 5.97 Å². The van der Waals surface area contributed by atoms with Gasteiger partial charge in [0.05, 0.1) is 17.7 Å². The minimum Gasteiger partial charge on any atom is -0.461 e. The van der Waals surface area contributed by atoms with Crippen LogP contribution in [0.3, 0.4) is 0 Å². The Bertz CT molecular complexity index is 956. The Morgan fingerprint density at radius 3 is 2.88 bits per heavy atom. The molecule has 3 rings (SSSR count). The number of pyridine rings is 2. The van der Waals surface area contributed by atoms with E-state index in [-0.39, 0.29) is 12.3 Å². The van der Waals surface area contributed by atoms with Crippen molar-refractivity contribution in [2.45, 2.75) is 13.5 Å². The third kappa shape index (κ3) is 3.34. The predicted molar refractivity (Wildman–Crippen MR) is 95.4 cm³/mol. The number of ether oxygens (including phenoxy) is 1. The average Bonchev–Trinajstić information content (AvgIpc) is 2.59. The zero-order valence-corrected chi connectivity index (χ0v) is 15.2. The van der Waals surface area contributed by atoms with Gasteiger partial charge >= 0.3 is 5.97 Å². The normalized spacial score (nSPS) is 10.8. The maximum atomic E-state index is 12.2. The van der Waals surface area contributed by atoms with E-state index in [9.17, 15) is 4.79 Å². The van der Waals surface area contributed by atoms with Crippen LogP contribution in [0.2, 0.25) is 0 Å². The average molecular weight is 405 g/mol. The highest BCUT2D eigenvalue weighted by Gasteiger charge is 2.16. The molecule has 3 aromatic heterocycles. The molecule has 0 fully saturated rings. The van der Waals surface area contributed by atoms with Gasteiger partial charge in [0.1, 0.15) is 4.60 Å². The molecule has 0 atom stereocenters. The summed E-state index contributed by atoms with van der Waals surface area (Å²) in [4.78, 5) is 20.7. The summed E-state index contributed by atoms with van der Waals surface area (Å²) >= 11 is 8.70. The van der Waals surface area contributed by atoms with Crippen molar-refractivity contribution in [3.63, 3.8) is 0 Å². The van der Waals surface area contributed by atoms with Gasteiger partial charge in [0.2, 0.25) is 0 Å². The topological polar surface area (TPSA) is 69.9 Å². The highest BCUT2D eigenvalue weighted by atomic mass is 79.9. The molecule has 6 nitrogen and oxygen atoms in total. The first-order chi connectivity index (χ1) is 11.6. The maximum absolute atomic E-state index is 12.2. The summed E-state index contributed by atoms with van der Waals surface area (Å²) in [6.45, 7) is 2.41. The van der Waals surface area contributed by atoms with Crippen molar-refractivity contribution >= 4 is 45.2 Å². The van der Waals surface area contributed by atoms with Gasteiger partial charge < -0.3 is 4.74 Å². The van der Waals surface area contributed by atoms with Crippen LogP contribution in [0.1, 0.15) is 23.0 Å². The van der Waals surface area contributed by atoms with Crippen LogP contribution < -0.4 is 0 Å². The highest BCUT2D eigenvalue weighted by molar-refractivity contribution is 9.10. The lowest BCUT2D eigenvalue weighted by atomic mass is 10.2. The van der Waals surface area contributed by atoms with Gasteiger partial charge in [-0.1, -0.05) is 18.3 Å². The first kappa shape index (κ1) is 16.7. The quantitative estimate of drug-likeness (QED) is 0.376. The molecule has 0 aliphatic heterocycles. The second kappa shape index (κ2) is 7.14. The molecule has 0 radical (unpaired) electrons. The Hall–Kier alpha value is -2.19. The Kier molecular flexibility index (Phi) is 4.96. The number of hydrogen-bond acceptors (Lipinski definition) is 6. The highest BCUT2D eigenvalue weighted by Crippen LogP contribution is 2.17. The molecule has 0 saturated heterocycles. The lowest BCUT2D eigenvalue weighted by Crippen LogP contribution is -2.16. The molecule has 3 aromatic rings. The first-order valence-electron chi connectivity index (χ1n) is 7.23. The third-order valence-electron chi connectivity index (χ3n) is 3.30. The molecule has 0 N–H and O–H groups in total. The third-order valence-corrected chi connectivity index (χ3v) is 4.18. The standard InChI is InChI=1S/C16H13BrN4O2S/c1-2-23-16(22)13-14(24)11-4-3-7-18-15(11)21(20-13)9-10-5-6-12(17)19-8-10/h3-8H,2,9H2,1H3. The second-order valence-corrected chi connectivity index (χ2v) is 6.14. The molecule has 8 heteroatoms. The monoisotopic (exact) mass is 404 g/mol. The van der Waals surface area contributed by atoms with Gasteiger partial charge in [-0.3, -0.25) is 0 Å². The fourth-order valence-electron chi connectivity index (χ4n) is 2.24. The van der Waals surface area contributed by atoms with Gasteiger partial charge in [0.25, 0.3) is 0 Å². The van der Waals surface area contributed by atoms with E-state index in [1.54, 1.807) is 30.1 Å². The molecular weight excluding hydrogens is 392 g/mol. The summed E-state index contributed by atoms with van der Waals surface area (Å²) in [6.07, 6.45) is 3.40. The number of nitrogens with zero attached hydrogens (tertiary/aromatic N) is 4. The summed E-state index contributed by atoms with van der Waals surface area (Å²) in [6, 6.07) is 7.37. The van der Waals surface area contributed by atoms with E-state index in [0.29, 0.717) is 22.1 Å². The SMILES string of the molecule is CCOC(=O)c1nn(Cc2ccc(Br)nc2)c2ncccc2c1=S. The molecule has 3 heterocycles. The van der Waals surface area contributed by atoms with Gasteiger partial charge in [-0.2, -0.15) is 5.10 Å². The van der Waals surface area contributed by atoms with Crippen LogP contribution in [0.5, 0.6) is 0 Å². The van der Waals surface area contributed by atoms with E-state index in [1.165, 1.54) is 0 Å². The summed E-state index contributed by atoms with van der Waals surface area (Å²) < 4.78 is 7.80. The van der Waals surface area contributed by atoms with Crippen molar-refractivity contribution in [3.8, 4) is 0 Å². The Morgan fingerprint density at radius 1 is 1.33 bits per heavy atom. The van der Waals surface area contributed by atoms with Crippen molar-refractivity contribution in [2.24, 2.45) is 0 Å². The fourth-order valence-corrected chi connectivity index (χ4v) is 2.76. The van der Waals surface area contributed by atoms with Crippen molar-refractivity contribution in [1.29, 1.82) is 0 Å². The van der Waals surface area contributed by atoms with Gasteiger partial charge in [0.15, 0.2) is 11.3 Å². The lowest BCUT2D eigenvalue weighted by molar-refractivity contribution is 0.0516. The molecule has 122 valence electrons. The number of rotatable bonds is 4. The molecule has 24 heavy (non-hydrogen) atoms. The summed E-state index contributed by atoms with van der Waals surface area (Å²) in [5.74, 6) is -0.532. The zero-order chi connectivity index (χ0) is 17.1. The molecule has 0 aliphatic rings. The van der Waals surface area contributed by atoms with E-state index in [1.807, 2.05) is 18.2 Å². The molecule has 0 aromatic carbocycles. The second-order valence-electron chi connectivity index (χ2n) is 4.92. The minimum atomic E-state index is -0.532. The van der Waals surface area contributed by atoms with Crippen molar-refractivity contribution < 1.29 is 9.53 Å². The molecule has 0 spiro atoms. The van der Waals surface area contributed by atoms with Gasteiger partial charge in [0, 0.05) is 17.8 Å². The minimum absolute atomic E-state index is 0.123. The molecule has 0 unspecified atom stereocenters. The Morgan fingerprint density at radius 2 is 2.17 bits per heavy atom. The molecule has 0 amide bonds. The number of esters is 1. The van der Waals surface area contributed by atoms with Crippen LogP contribution in [0, 0.1) is 4.51 Å². The van der Waals surface area contributed by atoms with E-state index in [4.69, 9.17) is 17.0 Å². The number of aromatic nitrogens is 4. The summed E-state index contributed by atoms with van der Waals surface area (Å²) in [5.41, 5.74) is 1.66. The van der Waals surface area contributed by atoms with Crippen molar-refractivity contribution in [2.75, 3.05) is 6.61 Å².